The van der Waals surface area contributed by atoms with Crippen molar-refractivity contribution >= 4 is 53.8 Å². The van der Waals surface area contributed by atoms with Crippen LogP contribution in [0.4, 0.5) is 17.1 Å². The van der Waals surface area contributed by atoms with Crippen LogP contribution in [0.1, 0.15) is 12.8 Å². The minimum absolute atomic E-state index is 0.0670. The first kappa shape index (κ1) is 23.8. The highest BCUT2D eigenvalue weighted by molar-refractivity contribution is 7.93. The van der Waals surface area contributed by atoms with Gasteiger partial charge in [-0.2, -0.15) is 0 Å². The Labute approximate surface area is 209 Å². The number of hydrogen-bond donors (Lipinski definition) is 2. The Hall–Kier alpha value is -3.89. The molecule has 0 saturated carbocycles. The van der Waals surface area contributed by atoms with Crippen LogP contribution in [0.2, 0.25) is 0 Å². The zero-order valence-corrected chi connectivity index (χ0v) is 20.7. The van der Waals surface area contributed by atoms with Gasteiger partial charge >= 0.3 is 0 Å². The van der Waals surface area contributed by atoms with Crippen LogP contribution >= 0.6 is 0 Å². The lowest BCUT2D eigenvalue weighted by atomic mass is 10.1. The van der Waals surface area contributed by atoms with Gasteiger partial charge < -0.3 is 5.32 Å². The number of rotatable bonds is 8. The van der Waals surface area contributed by atoms with E-state index in [0.29, 0.717) is 28.9 Å². The third kappa shape index (κ3) is 4.52. The van der Waals surface area contributed by atoms with Crippen LogP contribution in [0, 0.1) is 0 Å². The molecule has 0 atom stereocenters. The molecule has 0 aromatic heterocycles. The van der Waals surface area contributed by atoms with Gasteiger partial charge in [-0.25, -0.2) is 16.8 Å². The van der Waals surface area contributed by atoms with Gasteiger partial charge in [0.05, 0.1) is 15.5 Å². The average molecular weight is 522 g/mol. The number of hydrogen-bond acceptors (Lipinski definition) is 5. The van der Waals surface area contributed by atoms with E-state index in [9.17, 15) is 21.6 Å². The van der Waals surface area contributed by atoms with Crippen LogP contribution in [-0.2, 0) is 24.8 Å². The van der Waals surface area contributed by atoms with Crippen molar-refractivity contribution < 1.29 is 21.6 Å². The van der Waals surface area contributed by atoms with E-state index < -0.39 is 20.0 Å². The van der Waals surface area contributed by atoms with E-state index in [4.69, 9.17) is 0 Å². The van der Waals surface area contributed by atoms with Crippen molar-refractivity contribution in [2.45, 2.75) is 22.6 Å². The number of para-hydroxylation sites is 1. The third-order valence-electron chi connectivity index (χ3n) is 5.92. The van der Waals surface area contributed by atoms with Gasteiger partial charge in [0.15, 0.2) is 0 Å². The maximum absolute atomic E-state index is 13.0. The van der Waals surface area contributed by atoms with Crippen LogP contribution in [-0.4, -0.2) is 29.3 Å². The summed E-state index contributed by atoms with van der Waals surface area (Å²) in [6, 6.07) is 25.1. The molecule has 184 valence electrons. The number of amides is 1. The van der Waals surface area contributed by atoms with Gasteiger partial charge in [0.2, 0.25) is 5.91 Å². The molecule has 1 heterocycles. The molecule has 1 aliphatic heterocycles. The van der Waals surface area contributed by atoms with E-state index in [2.05, 4.69) is 10.0 Å². The highest BCUT2D eigenvalue weighted by Crippen LogP contribution is 2.42. The van der Waals surface area contributed by atoms with Crippen LogP contribution in [0.5, 0.6) is 0 Å². The number of carbonyl (C=O) groups is 1. The normalized spacial score (nSPS) is 14.1. The first-order valence-corrected chi connectivity index (χ1v) is 14.2. The van der Waals surface area contributed by atoms with Gasteiger partial charge in [0.1, 0.15) is 0 Å². The summed E-state index contributed by atoms with van der Waals surface area (Å²) in [5, 5.41) is 4.30. The Morgan fingerprint density at radius 1 is 0.806 bits per heavy atom. The molecule has 0 saturated heterocycles. The van der Waals surface area contributed by atoms with Crippen LogP contribution in [0.25, 0.3) is 10.8 Å². The summed E-state index contributed by atoms with van der Waals surface area (Å²) < 4.78 is 55.0. The van der Waals surface area contributed by atoms with Crippen LogP contribution < -0.4 is 14.3 Å². The second kappa shape index (κ2) is 9.29. The monoisotopic (exact) mass is 521 g/mol. The largest absolute Gasteiger partial charge is 0.326 e. The zero-order valence-electron chi connectivity index (χ0n) is 19.1. The van der Waals surface area contributed by atoms with Crippen LogP contribution in [0.15, 0.2) is 101 Å². The number of carbonyl (C=O) groups excluding carboxylic acids is 1. The van der Waals surface area contributed by atoms with Crippen molar-refractivity contribution in [1.29, 1.82) is 0 Å². The fraction of sp³-hybridized carbons (Fsp3) is 0.115. The van der Waals surface area contributed by atoms with Crippen molar-refractivity contribution in [1.82, 2.24) is 0 Å². The Balaban J connectivity index is 1.19. The van der Waals surface area contributed by atoms with Crippen molar-refractivity contribution in [3.05, 3.63) is 91.0 Å². The van der Waals surface area contributed by atoms with E-state index >= 15 is 0 Å². The fourth-order valence-electron chi connectivity index (χ4n) is 4.24. The van der Waals surface area contributed by atoms with E-state index in [-0.39, 0.29) is 28.7 Å². The number of sulfonamides is 2. The number of nitrogens with one attached hydrogen (secondary N) is 2. The molecule has 1 amide bonds. The van der Waals surface area contributed by atoms with Gasteiger partial charge in [0, 0.05) is 29.7 Å². The van der Waals surface area contributed by atoms with E-state index in [1.165, 1.54) is 28.6 Å². The first-order valence-electron chi connectivity index (χ1n) is 11.3. The van der Waals surface area contributed by atoms with Crippen LogP contribution in [0.3, 0.4) is 0 Å². The summed E-state index contributed by atoms with van der Waals surface area (Å²) >= 11 is 0. The minimum atomic E-state index is -3.76. The van der Waals surface area contributed by atoms with Gasteiger partial charge in [-0.3, -0.25) is 13.8 Å². The standard InChI is InChI=1S/C26H23N3O5S2/c30-25(27-20-14-16-22(17-15-20)35(31,32)28-21-9-2-1-3-10-21)13-6-18-29-23-11-4-7-19-8-5-12-24(26(19)23)36(29,33)34/h1-5,7-12,14-17,28H,6,13,18H2,(H,27,30). The molecule has 5 rings (SSSR count). The topological polar surface area (TPSA) is 113 Å². The summed E-state index contributed by atoms with van der Waals surface area (Å²) in [4.78, 5) is 12.8. The second-order valence-corrected chi connectivity index (χ2v) is 11.9. The average Bonchev–Trinajstić information content (AvgIpc) is 3.08. The molecule has 10 heteroatoms. The first-order chi connectivity index (χ1) is 17.3. The maximum Gasteiger partial charge on any atom is 0.265 e. The predicted molar refractivity (Wildman–Crippen MR) is 140 cm³/mol. The lowest BCUT2D eigenvalue weighted by Crippen LogP contribution is -2.28. The quantitative estimate of drug-likeness (QED) is 0.353. The van der Waals surface area contributed by atoms with Crippen molar-refractivity contribution in [2.24, 2.45) is 0 Å². The molecular formula is C26H23N3O5S2. The van der Waals surface area contributed by atoms with Crippen molar-refractivity contribution in [3.8, 4) is 0 Å². The van der Waals surface area contributed by atoms with E-state index in [1.54, 1.807) is 48.5 Å². The minimum Gasteiger partial charge on any atom is -0.326 e. The zero-order chi connectivity index (χ0) is 25.3. The Bertz CT molecular complexity index is 1650. The summed E-state index contributed by atoms with van der Waals surface area (Å²) in [6.07, 6.45) is 0.427. The molecule has 0 radical (unpaired) electrons. The molecule has 0 aliphatic carbocycles. The molecule has 8 nitrogen and oxygen atoms in total. The second-order valence-electron chi connectivity index (χ2n) is 8.36. The molecule has 36 heavy (non-hydrogen) atoms. The number of nitrogens with zero attached hydrogens (tertiary/aromatic N) is 1. The molecule has 1 aliphatic rings. The Morgan fingerprint density at radius 2 is 1.50 bits per heavy atom. The van der Waals surface area contributed by atoms with Gasteiger partial charge in [-0.15, -0.1) is 0 Å². The highest BCUT2D eigenvalue weighted by atomic mass is 32.2. The molecule has 4 aromatic rings. The molecule has 2 N–H and O–H groups in total. The molecular weight excluding hydrogens is 498 g/mol. The number of benzene rings is 4. The molecule has 0 unspecified atom stereocenters. The predicted octanol–water partition coefficient (Wildman–Crippen LogP) is 4.57. The fourth-order valence-corrected chi connectivity index (χ4v) is 7.05. The van der Waals surface area contributed by atoms with E-state index in [1.807, 2.05) is 18.2 Å². The molecule has 4 aromatic carbocycles. The van der Waals surface area contributed by atoms with Crippen molar-refractivity contribution in [2.75, 3.05) is 20.9 Å². The molecule has 0 fully saturated rings. The number of anilines is 3. The molecule has 0 bridgehead atoms. The van der Waals surface area contributed by atoms with Crippen molar-refractivity contribution in [3.63, 3.8) is 0 Å². The van der Waals surface area contributed by atoms with E-state index in [0.717, 1.165) is 5.39 Å². The highest BCUT2D eigenvalue weighted by Gasteiger charge is 2.35. The van der Waals surface area contributed by atoms with Gasteiger partial charge in [0.25, 0.3) is 20.0 Å². The summed E-state index contributed by atoms with van der Waals surface area (Å²) in [5.74, 6) is -0.291. The smallest absolute Gasteiger partial charge is 0.265 e. The van der Waals surface area contributed by atoms with Gasteiger partial charge in [-0.05, 0) is 60.3 Å². The summed E-state index contributed by atoms with van der Waals surface area (Å²) in [7, 11) is -7.42. The third-order valence-corrected chi connectivity index (χ3v) is 9.17. The molecule has 0 spiro atoms. The maximum atomic E-state index is 13.0. The SMILES string of the molecule is O=C(CCCN1c2cccc3cccc(c23)S1(=O)=O)Nc1ccc(S(=O)(=O)Nc2ccccc2)cc1. The lowest BCUT2D eigenvalue weighted by Gasteiger charge is -2.18. The Kier molecular flexibility index (Phi) is 6.15. The summed E-state index contributed by atoms with van der Waals surface area (Å²) in [6.45, 7) is 0.173. The summed E-state index contributed by atoms with van der Waals surface area (Å²) in [5.41, 5.74) is 1.53. The lowest BCUT2D eigenvalue weighted by molar-refractivity contribution is -0.116. The Morgan fingerprint density at radius 3 is 2.22 bits per heavy atom. The van der Waals surface area contributed by atoms with Gasteiger partial charge in [-0.1, -0.05) is 42.5 Å².